The summed E-state index contributed by atoms with van der Waals surface area (Å²) in [4.78, 5) is 11.7. The van der Waals surface area contributed by atoms with Crippen LogP contribution in [0, 0.1) is 11.3 Å². The van der Waals surface area contributed by atoms with Gasteiger partial charge in [-0.1, -0.05) is 0 Å². The minimum Gasteiger partial charge on any atom is -0.462 e. The Kier molecular flexibility index (Phi) is 5.22. The van der Waals surface area contributed by atoms with Gasteiger partial charge in [0.05, 0.1) is 6.61 Å². The molecule has 0 rings (SSSR count). The van der Waals surface area contributed by atoms with Crippen LogP contribution >= 0.6 is 11.8 Å². The first kappa shape index (κ1) is 11.1. The minimum absolute atomic E-state index is 0.101. The Hall–Kier alpha value is -0.950. The van der Waals surface area contributed by atoms with Gasteiger partial charge in [0.2, 0.25) is 0 Å². The van der Waals surface area contributed by atoms with Crippen molar-refractivity contribution in [2.45, 2.75) is 13.8 Å². The lowest BCUT2D eigenvalue weighted by molar-refractivity contribution is -0.138. The molecule has 66 valence electrons. The van der Waals surface area contributed by atoms with Crippen LogP contribution in [0.3, 0.4) is 0 Å². The molecule has 0 bridgehead atoms. The molecule has 0 amide bonds. The Labute approximate surface area is 76.4 Å². The topological polar surface area (TPSA) is 50.1 Å². The molecule has 0 aliphatic rings. The number of rotatable bonds is 3. The number of thioether (sulfide) groups is 1. The van der Waals surface area contributed by atoms with Crippen molar-refractivity contribution < 1.29 is 9.53 Å². The molecular weight excluding hydrogens is 174 g/mol. The van der Waals surface area contributed by atoms with E-state index in [1.165, 1.54) is 11.8 Å². The molecule has 0 saturated carbocycles. The van der Waals surface area contributed by atoms with Crippen molar-refractivity contribution >= 4 is 17.7 Å². The van der Waals surface area contributed by atoms with Crippen LogP contribution in [0.1, 0.15) is 13.8 Å². The van der Waals surface area contributed by atoms with Crippen LogP contribution in [-0.4, -0.2) is 18.8 Å². The van der Waals surface area contributed by atoms with E-state index < -0.39 is 5.97 Å². The highest BCUT2D eigenvalue weighted by Crippen LogP contribution is 2.16. The third kappa shape index (κ3) is 2.97. The van der Waals surface area contributed by atoms with Crippen molar-refractivity contribution in [3.05, 3.63) is 10.5 Å². The monoisotopic (exact) mass is 185 g/mol. The fourth-order valence-electron chi connectivity index (χ4n) is 0.573. The molecular formula is C8H11NO2S. The van der Waals surface area contributed by atoms with E-state index in [4.69, 9.17) is 5.26 Å². The molecule has 0 fully saturated rings. The number of hydrogen-bond acceptors (Lipinski definition) is 4. The zero-order valence-corrected chi connectivity index (χ0v) is 8.20. The maximum absolute atomic E-state index is 11.1. The average Bonchev–Trinajstić information content (AvgIpc) is 2.06. The van der Waals surface area contributed by atoms with Crippen LogP contribution < -0.4 is 0 Å². The molecule has 0 saturated heterocycles. The molecule has 0 unspecified atom stereocenters. The molecule has 0 atom stereocenters. The van der Waals surface area contributed by atoms with E-state index in [0.29, 0.717) is 11.5 Å². The Morgan fingerprint density at radius 3 is 2.58 bits per heavy atom. The number of carbonyl (C=O) groups excluding carboxylic acids is 1. The summed E-state index contributed by atoms with van der Waals surface area (Å²) in [6.45, 7) is 3.73. The number of hydrogen-bond donors (Lipinski definition) is 0. The molecule has 0 N–H and O–H groups in total. The zero-order chi connectivity index (χ0) is 9.56. The number of nitrogens with zero attached hydrogens (tertiary/aromatic N) is 1. The maximum atomic E-state index is 11.1. The molecule has 0 aromatic heterocycles. The Morgan fingerprint density at radius 2 is 2.25 bits per heavy atom. The van der Waals surface area contributed by atoms with Crippen LogP contribution in [-0.2, 0) is 9.53 Å². The first-order valence-corrected chi connectivity index (χ1v) is 4.71. The maximum Gasteiger partial charge on any atom is 0.349 e. The van der Waals surface area contributed by atoms with Gasteiger partial charge in [-0.15, -0.1) is 11.8 Å². The van der Waals surface area contributed by atoms with Gasteiger partial charge in [-0.05, 0) is 20.1 Å². The highest BCUT2D eigenvalue weighted by Gasteiger charge is 2.12. The van der Waals surface area contributed by atoms with Crippen molar-refractivity contribution in [1.82, 2.24) is 0 Å². The lowest BCUT2D eigenvalue weighted by atomic mass is 10.3. The molecule has 0 aromatic carbocycles. The van der Waals surface area contributed by atoms with Crippen LogP contribution in [0.2, 0.25) is 0 Å². The lowest BCUT2D eigenvalue weighted by Crippen LogP contribution is -2.07. The van der Waals surface area contributed by atoms with E-state index in [-0.39, 0.29) is 5.57 Å². The van der Waals surface area contributed by atoms with Gasteiger partial charge in [0.25, 0.3) is 0 Å². The molecule has 4 heteroatoms. The van der Waals surface area contributed by atoms with Gasteiger partial charge < -0.3 is 4.74 Å². The molecule has 0 aliphatic carbocycles. The second-order valence-electron chi connectivity index (χ2n) is 1.97. The summed E-state index contributed by atoms with van der Waals surface area (Å²) in [5.41, 5.74) is 0.101. The van der Waals surface area contributed by atoms with Crippen molar-refractivity contribution in [2.24, 2.45) is 0 Å². The first-order chi connectivity index (χ1) is 5.67. The van der Waals surface area contributed by atoms with Gasteiger partial charge in [0.15, 0.2) is 0 Å². The molecule has 0 heterocycles. The van der Waals surface area contributed by atoms with Gasteiger partial charge in [0.1, 0.15) is 11.6 Å². The number of nitriles is 1. The predicted octanol–water partition coefficient (Wildman–Crippen LogP) is 1.71. The second kappa shape index (κ2) is 5.67. The largest absolute Gasteiger partial charge is 0.462 e. The summed E-state index contributed by atoms with van der Waals surface area (Å²) >= 11 is 1.37. The van der Waals surface area contributed by atoms with Crippen LogP contribution in [0.25, 0.3) is 0 Å². The van der Waals surface area contributed by atoms with Crippen LogP contribution in [0.15, 0.2) is 10.5 Å². The number of esters is 1. The summed E-state index contributed by atoms with van der Waals surface area (Å²) < 4.78 is 4.69. The Bertz CT molecular complexity index is 240. The molecule has 0 aliphatic heterocycles. The van der Waals surface area contributed by atoms with E-state index in [1.54, 1.807) is 13.8 Å². The third-order valence-corrected chi connectivity index (χ3v) is 2.07. The number of carbonyl (C=O) groups is 1. The van der Waals surface area contributed by atoms with Crippen LogP contribution in [0.4, 0.5) is 0 Å². The summed E-state index contributed by atoms with van der Waals surface area (Å²) in [6, 6.07) is 1.82. The van der Waals surface area contributed by atoms with E-state index in [2.05, 4.69) is 4.74 Å². The van der Waals surface area contributed by atoms with Crippen LogP contribution in [0.5, 0.6) is 0 Å². The van der Waals surface area contributed by atoms with E-state index >= 15 is 0 Å². The number of allylic oxidation sites excluding steroid dienone is 1. The van der Waals surface area contributed by atoms with E-state index in [0.717, 1.165) is 0 Å². The predicted molar refractivity (Wildman–Crippen MR) is 48.5 cm³/mol. The fraction of sp³-hybridized carbons (Fsp3) is 0.500. The lowest BCUT2D eigenvalue weighted by Gasteiger charge is -2.01. The highest BCUT2D eigenvalue weighted by molar-refractivity contribution is 8.02. The normalized spacial score (nSPS) is 11.5. The molecule has 0 aromatic rings. The smallest absolute Gasteiger partial charge is 0.349 e. The summed E-state index contributed by atoms with van der Waals surface area (Å²) in [7, 11) is 0. The number of ether oxygens (including phenoxy) is 1. The second-order valence-corrected chi connectivity index (χ2v) is 2.99. The molecule has 3 nitrogen and oxygen atoms in total. The van der Waals surface area contributed by atoms with Gasteiger partial charge >= 0.3 is 5.97 Å². The zero-order valence-electron chi connectivity index (χ0n) is 7.38. The molecule has 0 radical (unpaired) electrons. The van der Waals surface area contributed by atoms with Gasteiger partial charge in [-0.25, -0.2) is 4.79 Å². The third-order valence-electron chi connectivity index (χ3n) is 1.25. The molecule has 12 heavy (non-hydrogen) atoms. The Morgan fingerprint density at radius 1 is 1.67 bits per heavy atom. The van der Waals surface area contributed by atoms with Crippen molar-refractivity contribution in [3.8, 4) is 6.07 Å². The summed E-state index contributed by atoms with van der Waals surface area (Å²) in [5, 5.41) is 8.60. The minimum atomic E-state index is -0.535. The Balaban J connectivity index is 4.59. The summed E-state index contributed by atoms with van der Waals surface area (Å²) in [6.07, 6.45) is 1.81. The summed E-state index contributed by atoms with van der Waals surface area (Å²) in [5.74, 6) is -0.535. The van der Waals surface area contributed by atoms with Gasteiger partial charge in [-0.3, -0.25) is 0 Å². The fourth-order valence-corrected chi connectivity index (χ4v) is 0.907. The van der Waals surface area contributed by atoms with Gasteiger partial charge in [-0.2, -0.15) is 5.26 Å². The van der Waals surface area contributed by atoms with E-state index in [1.807, 2.05) is 12.3 Å². The van der Waals surface area contributed by atoms with Crippen molar-refractivity contribution in [2.75, 3.05) is 12.9 Å². The first-order valence-electron chi connectivity index (χ1n) is 3.49. The average molecular weight is 185 g/mol. The quantitative estimate of drug-likeness (QED) is 0.381. The van der Waals surface area contributed by atoms with E-state index in [9.17, 15) is 4.79 Å². The highest BCUT2D eigenvalue weighted by atomic mass is 32.2. The molecule has 0 spiro atoms. The van der Waals surface area contributed by atoms with Gasteiger partial charge in [0, 0.05) is 4.91 Å². The standard InChI is InChI=1S/C8H11NO2S/c1-4-11-8(10)7(5-9)6(2)12-3/h4H2,1-3H3/b7-6+. The SMILES string of the molecule is CCOC(=O)/C(C#N)=C(\C)SC. The van der Waals surface area contributed by atoms with Crippen molar-refractivity contribution in [3.63, 3.8) is 0 Å². The van der Waals surface area contributed by atoms with Crippen molar-refractivity contribution in [1.29, 1.82) is 5.26 Å².